The van der Waals surface area contributed by atoms with Crippen molar-refractivity contribution in [2.24, 2.45) is 11.7 Å². The van der Waals surface area contributed by atoms with Crippen LogP contribution in [0, 0.1) is 5.92 Å². The van der Waals surface area contributed by atoms with Crippen LogP contribution in [0.1, 0.15) is 31.7 Å². The number of carbonyl (C=O) groups is 1. The fourth-order valence-electron chi connectivity index (χ4n) is 1.56. The summed E-state index contributed by atoms with van der Waals surface area (Å²) in [6.07, 6.45) is 6.23. The van der Waals surface area contributed by atoms with E-state index in [1.54, 1.807) is 0 Å². The van der Waals surface area contributed by atoms with E-state index >= 15 is 0 Å². The van der Waals surface area contributed by atoms with Gasteiger partial charge in [-0.05, 0) is 36.9 Å². The van der Waals surface area contributed by atoms with Crippen LogP contribution in [0.2, 0.25) is 0 Å². The van der Waals surface area contributed by atoms with E-state index in [0.717, 1.165) is 18.4 Å². The number of hydrogen-bond donors (Lipinski definition) is 3. The maximum absolute atomic E-state index is 11.5. The van der Waals surface area contributed by atoms with Crippen molar-refractivity contribution in [3.05, 3.63) is 24.0 Å². The molecule has 0 saturated heterocycles. The molecule has 1 aromatic heterocycles. The van der Waals surface area contributed by atoms with Crippen molar-refractivity contribution in [1.82, 2.24) is 10.3 Å². The molecule has 0 aliphatic carbocycles. The fraction of sp³-hybridized carbons (Fsp3) is 0.583. The van der Waals surface area contributed by atoms with Gasteiger partial charge in [-0.15, -0.1) is 0 Å². The molecule has 4 nitrogen and oxygen atoms in total. The first kappa shape index (κ1) is 12.8. The smallest absolute Gasteiger partial charge is 0.220 e. The van der Waals surface area contributed by atoms with Gasteiger partial charge in [-0.1, -0.05) is 6.92 Å². The van der Waals surface area contributed by atoms with Gasteiger partial charge in [0, 0.05) is 25.4 Å². The van der Waals surface area contributed by atoms with Crippen molar-refractivity contribution in [2.75, 3.05) is 6.54 Å². The minimum Gasteiger partial charge on any atom is -0.367 e. The lowest BCUT2D eigenvalue weighted by Crippen LogP contribution is -2.23. The first-order valence-corrected chi connectivity index (χ1v) is 5.80. The molecule has 0 saturated carbocycles. The van der Waals surface area contributed by atoms with Crippen molar-refractivity contribution in [3.8, 4) is 0 Å². The molecule has 0 spiro atoms. The molecule has 1 rings (SSSR count). The van der Waals surface area contributed by atoms with Crippen LogP contribution in [-0.2, 0) is 11.3 Å². The standard InChI is InChI=1S/C12H21N3O/c1-10(4-6-13)2-3-12(16)15-9-11-5-7-14-8-11/h5,7-8,10,14H,2-4,6,9,13H2,1H3,(H,15,16). The molecule has 1 aromatic rings. The highest BCUT2D eigenvalue weighted by Gasteiger charge is 2.05. The molecule has 1 heterocycles. The Balaban J connectivity index is 2.11. The number of rotatable bonds is 7. The Morgan fingerprint density at radius 1 is 1.56 bits per heavy atom. The molecule has 0 aliphatic heterocycles. The van der Waals surface area contributed by atoms with Gasteiger partial charge in [0.05, 0.1) is 0 Å². The minimum atomic E-state index is 0.116. The Labute approximate surface area is 96.6 Å². The second-order valence-electron chi connectivity index (χ2n) is 4.22. The molecule has 0 aliphatic rings. The molecule has 90 valence electrons. The molecule has 0 radical (unpaired) electrons. The number of H-pyrrole nitrogens is 1. The van der Waals surface area contributed by atoms with Crippen LogP contribution in [0.4, 0.5) is 0 Å². The van der Waals surface area contributed by atoms with Gasteiger partial charge in [0.25, 0.3) is 0 Å². The minimum absolute atomic E-state index is 0.116. The van der Waals surface area contributed by atoms with Crippen LogP contribution < -0.4 is 11.1 Å². The molecular weight excluding hydrogens is 202 g/mol. The summed E-state index contributed by atoms with van der Waals surface area (Å²) in [5.41, 5.74) is 6.55. The van der Waals surface area contributed by atoms with E-state index in [-0.39, 0.29) is 5.91 Å². The molecule has 16 heavy (non-hydrogen) atoms. The van der Waals surface area contributed by atoms with E-state index in [1.165, 1.54) is 0 Å². The number of aromatic nitrogens is 1. The average Bonchev–Trinajstić information content (AvgIpc) is 2.77. The second-order valence-corrected chi connectivity index (χ2v) is 4.22. The summed E-state index contributed by atoms with van der Waals surface area (Å²) in [5, 5.41) is 2.89. The van der Waals surface area contributed by atoms with Crippen LogP contribution in [0.25, 0.3) is 0 Å². The lowest BCUT2D eigenvalue weighted by atomic mass is 10.0. The molecule has 0 bridgehead atoms. The Hall–Kier alpha value is -1.29. The van der Waals surface area contributed by atoms with Gasteiger partial charge in [0.1, 0.15) is 0 Å². The van der Waals surface area contributed by atoms with Gasteiger partial charge < -0.3 is 16.0 Å². The van der Waals surface area contributed by atoms with E-state index in [4.69, 9.17) is 5.73 Å². The third-order valence-electron chi connectivity index (χ3n) is 2.68. The number of nitrogens with two attached hydrogens (primary N) is 1. The predicted molar refractivity (Wildman–Crippen MR) is 64.7 cm³/mol. The van der Waals surface area contributed by atoms with Gasteiger partial charge in [-0.2, -0.15) is 0 Å². The Morgan fingerprint density at radius 2 is 2.38 bits per heavy atom. The summed E-state index contributed by atoms with van der Waals surface area (Å²) < 4.78 is 0. The highest BCUT2D eigenvalue weighted by atomic mass is 16.1. The Bertz CT molecular complexity index is 295. The molecule has 4 heteroatoms. The topological polar surface area (TPSA) is 70.9 Å². The summed E-state index contributed by atoms with van der Waals surface area (Å²) in [7, 11) is 0. The highest BCUT2D eigenvalue weighted by molar-refractivity contribution is 5.75. The number of aromatic amines is 1. The predicted octanol–water partition coefficient (Wildman–Crippen LogP) is 1.40. The quantitative estimate of drug-likeness (QED) is 0.654. The van der Waals surface area contributed by atoms with Crippen molar-refractivity contribution >= 4 is 5.91 Å². The zero-order valence-electron chi connectivity index (χ0n) is 9.83. The van der Waals surface area contributed by atoms with Gasteiger partial charge in [-0.3, -0.25) is 4.79 Å². The van der Waals surface area contributed by atoms with Crippen molar-refractivity contribution in [2.45, 2.75) is 32.7 Å². The third-order valence-corrected chi connectivity index (χ3v) is 2.68. The van der Waals surface area contributed by atoms with Crippen molar-refractivity contribution < 1.29 is 4.79 Å². The Kier molecular flexibility index (Phi) is 5.64. The van der Waals surface area contributed by atoms with Gasteiger partial charge in [0.15, 0.2) is 0 Å². The zero-order chi connectivity index (χ0) is 11.8. The maximum atomic E-state index is 11.5. The largest absolute Gasteiger partial charge is 0.367 e. The first-order valence-electron chi connectivity index (χ1n) is 5.80. The number of carbonyl (C=O) groups excluding carboxylic acids is 1. The van der Waals surface area contributed by atoms with E-state index in [2.05, 4.69) is 17.2 Å². The molecule has 1 unspecified atom stereocenters. The average molecular weight is 223 g/mol. The van der Waals surface area contributed by atoms with E-state index in [0.29, 0.717) is 25.4 Å². The number of hydrogen-bond acceptors (Lipinski definition) is 2. The lowest BCUT2D eigenvalue weighted by molar-refractivity contribution is -0.121. The molecule has 4 N–H and O–H groups in total. The lowest BCUT2D eigenvalue weighted by Gasteiger charge is -2.09. The van der Waals surface area contributed by atoms with Crippen LogP contribution in [-0.4, -0.2) is 17.4 Å². The normalized spacial score (nSPS) is 12.4. The zero-order valence-corrected chi connectivity index (χ0v) is 9.83. The van der Waals surface area contributed by atoms with Crippen LogP contribution in [0.5, 0.6) is 0 Å². The molecule has 0 aromatic carbocycles. The number of nitrogens with one attached hydrogen (secondary N) is 2. The highest BCUT2D eigenvalue weighted by Crippen LogP contribution is 2.08. The molecule has 1 amide bonds. The van der Waals surface area contributed by atoms with E-state index in [1.807, 2.05) is 18.5 Å². The second kappa shape index (κ2) is 7.06. The third kappa shape index (κ3) is 4.98. The van der Waals surface area contributed by atoms with Gasteiger partial charge >= 0.3 is 0 Å². The van der Waals surface area contributed by atoms with E-state index < -0.39 is 0 Å². The number of amides is 1. The summed E-state index contributed by atoms with van der Waals surface area (Å²) in [4.78, 5) is 14.4. The van der Waals surface area contributed by atoms with Crippen molar-refractivity contribution in [3.63, 3.8) is 0 Å². The monoisotopic (exact) mass is 223 g/mol. The summed E-state index contributed by atoms with van der Waals surface area (Å²) >= 11 is 0. The van der Waals surface area contributed by atoms with Crippen LogP contribution in [0.15, 0.2) is 18.5 Å². The molecular formula is C12H21N3O. The first-order chi connectivity index (χ1) is 7.72. The van der Waals surface area contributed by atoms with Gasteiger partial charge in [0.2, 0.25) is 5.91 Å². The SMILES string of the molecule is CC(CCN)CCC(=O)NCc1cc[nH]c1. The summed E-state index contributed by atoms with van der Waals surface area (Å²) in [6, 6.07) is 1.96. The molecule has 1 atom stereocenters. The van der Waals surface area contributed by atoms with Gasteiger partial charge in [-0.25, -0.2) is 0 Å². The fourth-order valence-corrected chi connectivity index (χ4v) is 1.56. The molecule has 0 fully saturated rings. The summed E-state index contributed by atoms with van der Waals surface area (Å²) in [5.74, 6) is 0.646. The van der Waals surface area contributed by atoms with Crippen LogP contribution >= 0.6 is 0 Å². The maximum Gasteiger partial charge on any atom is 0.220 e. The van der Waals surface area contributed by atoms with E-state index in [9.17, 15) is 4.79 Å². The van der Waals surface area contributed by atoms with Crippen molar-refractivity contribution in [1.29, 1.82) is 0 Å². The Morgan fingerprint density at radius 3 is 3.00 bits per heavy atom. The summed E-state index contributed by atoms with van der Waals surface area (Å²) in [6.45, 7) is 3.44. The van der Waals surface area contributed by atoms with Crippen LogP contribution in [0.3, 0.4) is 0 Å².